The maximum Gasteiger partial charge on any atom is 0.171 e. The van der Waals surface area contributed by atoms with E-state index in [0.29, 0.717) is 5.11 Å². The molecule has 0 aliphatic rings. The van der Waals surface area contributed by atoms with E-state index < -0.39 is 0 Å². The molecule has 2 aromatic rings. The number of hydrogen-bond donors (Lipinski definition) is 2. The van der Waals surface area contributed by atoms with Crippen molar-refractivity contribution in [3.8, 4) is 5.75 Å². The van der Waals surface area contributed by atoms with Crippen LogP contribution in [-0.2, 0) is 6.42 Å². The summed E-state index contributed by atoms with van der Waals surface area (Å²) in [5.41, 5.74) is 2.34. The molecule has 5 heteroatoms. The zero-order valence-electron chi connectivity index (χ0n) is 12.9. The van der Waals surface area contributed by atoms with Crippen molar-refractivity contribution in [2.24, 2.45) is 0 Å². The van der Waals surface area contributed by atoms with Gasteiger partial charge in [-0.25, -0.2) is 4.98 Å². The monoisotopic (exact) mass is 315 g/mol. The molecule has 116 valence electrons. The second-order valence-corrected chi connectivity index (χ2v) is 5.41. The number of aryl methyl sites for hydroxylation is 2. The molecule has 1 aromatic heterocycles. The topological polar surface area (TPSA) is 46.2 Å². The molecule has 0 saturated carbocycles. The zero-order chi connectivity index (χ0) is 15.8. The van der Waals surface area contributed by atoms with Crippen LogP contribution >= 0.6 is 12.2 Å². The van der Waals surface area contributed by atoms with Gasteiger partial charge in [-0.15, -0.1) is 0 Å². The molecule has 22 heavy (non-hydrogen) atoms. The number of nitrogens with zero attached hydrogens (tertiary/aromatic N) is 1. The van der Waals surface area contributed by atoms with Crippen LogP contribution in [0.5, 0.6) is 5.75 Å². The highest BCUT2D eigenvalue weighted by Gasteiger charge is 2.01. The number of anilines is 1. The number of ether oxygens (including phenoxy) is 1. The SMILES string of the molecule is COc1cccc(CCCNC(=S)Nc2ncccc2C)c1. The van der Waals surface area contributed by atoms with Crippen LogP contribution in [0.15, 0.2) is 42.6 Å². The molecule has 2 rings (SSSR count). The third-order valence-electron chi connectivity index (χ3n) is 3.30. The average molecular weight is 315 g/mol. The molecule has 2 N–H and O–H groups in total. The summed E-state index contributed by atoms with van der Waals surface area (Å²) in [7, 11) is 1.68. The number of aromatic nitrogens is 1. The predicted molar refractivity (Wildman–Crippen MR) is 94.5 cm³/mol. The fourth-order valence-corrected chi connectivity index (χ4v) is 2.29. The summed E-state index contributed by atoms with van der Waals surface area (Å²) in [6, 6.07) is 12.0. The van der Waals surface area contributed by atoms with Gasteiger partial charge in [0.1, 0.15) is 11.6 Å². The molecule has 0 atom stereocenters. The smallest absolute Gasteiger partial charge is 0.171 e. The molecule has 0 aliphatic heterocycles. The molecule has 0 fully saturated rings. The summed E-state index contributed by atoms with van der Waals surface area (Å²) < 4.78 is 5.22. The van der Waals surface area contributed by atoms with Crippen molar-refractivity contribution < 1.29 is 4.74 Å². The van der Waals surface area contributed by atoms with E-state index in [1.54, 1.807) is 13.3 Å². The first-order chi connectivity index (χ1) is 10.7. The molecule has 0 saturated heterocycles. The number of benzene rings is 1. The van der Waals surface area contributed by atoms with Gasteiger partial charge in [-0.1, -0.05) is 18.2 Å². The van der Waals surface area contributed by atoms with E-state index in [4.69, 9.17) is 17.0 Å². The van der Waals surface area contributed by atoms with Gasteiger partial charge in [-0.05, 0) is 61.3 Å². The van der Waals surface area contributed by atoms with Crippen molar-refractivity contribution in [3.05, 3.63) is 53.7 Å². The molecule has 0 spiro atoms. The van der Waals surface area contributed by atoms with Crippen LogP contribution in [0.3, 0.4) is 0 Å². The average Bonchev–Trinajstić information content (AvgIpc) is 2.54. The van der Waals surface area contributed by atoms with Crippen molar-refractivity contribution in [2.75, 3.05) is 19.0 Å². The maximum atomic E-state index is 5.28. The molecular formula is C17H21N3OS. The van der Waals surface area contributed by atoms with E-state index in [1.165, 1.54) is 5.56 Å². The minimum absolute atomic E-state index is 0.604. The first-order valence-electron chi connectivity index (χ1n) is 7.28. The second kappa shape index (κ2) is 8.34. The van der Waals surface area contributed by atoms with E-state index in [2.05, 4.69) is 27.8 Å². The summed E-state index contributed by atoms with van der Waals surface area (Å²) in [6.07, 6.45) is 3.73. The highest BCUT2D eigenvalue weighted by atomic mass is 32.1. The van der Waals surface area contributed by atoms with Gasteiger partial charge in [0, 0.05) is 12.7 Å². The van der Waals surface area contributed by atoms with E-state index >= 15 is 0 Å². The summed E-state index contributed by atoms with van der Waals surface area (Å²) in [5, 5.41) is 6.93. The van der Waals surface area contributed by atoms with Crippen molar-refractivity contribution in [1.82, 2.24) is 10.3 Å². The first-order valence-corrected chi connectivity index (χ1v) is 7.69. The van der Waals surface area contributed by atoms with Crippen LogP contribution < -0.4 is 15.4 Å². The summed E-state index contributed by atoms with van der Waals surface area (Å²) in [4.78, 5) is 4.26. The van der Waals surface area contributed by atoms with Crippen LogP contribution in [0.1, 0.15) is 17.5 Å². The minimum Gasteiger partial charge on any atom is -0.497 e. The minimum atomic E-state index is 0.604. The fourth-order valence-electron chi connectivity index (χ4n) is 2.09. The molecule has 0 bridgehead atoms. The van der Waals surface area contributed by atoms with Crippen molar-refractivity contribution in [3.63, 3.8) is 0 Å². The second-order valence-electron chi connectivity index (χ2n) is 5.00. The Morgan fingerprint density at radius 2 is 2.14 bits per heavy atom. The van der Waals surface area contributed by atoms with Crippen LogP contribution in [0.2, 0.25) is 0 Å². The van der Waals surface area contributed by atoms with Gasteiger partial charge < -0.3 is 15.4 Å². The zero-order valence-corrected chi connectivity index (χ0v) is 13.7. The highest BCUT2D eigenvalue weighted by Crippen LogP contribution is 2.13. The predicted octanol–water partition coefficient (Wildman–Crippen LogP) is 3.32. The van der Waals surface area contributed by atoms with Crippen molar-refractivity contribution >= 4 is 23.1 Å². The first kappa shape index (κ1) is 16.2. The molecule has 0 aliphatic carbocycles. The fraction of sp³-hybridized carbons (Fsp3) is 0.294. The van der Waals surface area contributed by atoms with E-state index in [0.717, 1.165) is 36.5 Å². The van der Waals surface area contributed by atoms with Crippen molar-refractivity contribution in [1.29, 1.82) is 0 Å². The lowest BCUT2D eigenvalue weighted by atomic mass is 10.1. The van der Waals surface area contributed by atoms with Gasteiger partial charge in [0.25, 0.3) is 0 Å². The Labute approximate surface area is 136 Å². The summed E-state index contributed by atoms with van der Waals surface area (Å²) in [6.45, 7) is 2.82. The number of methoxy groups -OCH3 is 1. The third kappa shape index (κ3) is 5.00. The lowest BCUT2D eigenvalue weighted by molar-refractivity contribution is 0.414. The Kier molecular flexibility index (Phi) is 6.15. The number of hydrogen-bond acceptors (Lipinski definition) is 3. The Hall–Kier alpha value is -2.14. The lowest BCUT2D eigenvalue weighted by Gasteiger charge is -2.11. The lowest BCUT2D eigenvalue weighted by Crippen LogP contribution is -2.30. The number of pyridine rings is 1. The molecule has 0 unspecified atom stereocenters. The Morgan fingerprint density at radius 1 is 1.27 bits per heavy atom. The standard InChI is InChI=1S/C17H21N3OS/c1-13-6-4-10-18-16(13)20-17(22)19-11-5-8-14-7-3-9-15(12-14)21-2/h3-4,6-7,9-10,12H,5,8,11H2,1-2H3,(H2,18,19,20,22). The highest BCUT2D eigenvalue weighted by molar-refractivity contribution is 7.80. The quantitative estimate of drug-likeness (QED) is 0.632. The van der Waals surface area contributed by atoms with Gasteiger partial charge in [0.2, 0.25) is 0 Å². The van der Waals surface area contributed by atoms with Crippen LogP contribution in [0.25, 0.3) is 0 Å². The van der Waals surface area contributed by atoms with E-state index in [1.807, 2.05) is 31.2 Å². The molecule has 4 nitrogen and oxygen atoms in total. The third-order valence-corrected chi connectivity index (χ3v) is 3.55. The van der Waals surface area contributed by atoms with Gasteiger partial charge >= 0.3 is 0 Å². The Balaban J connectivity index is 1.72. The van der Waals surface area contributed by atoms with Crippen LogP contribution in [0.4, 0.5) is 5.82 Å². The van der Waals surface area contributed by atoms with Gasteiger partial charge in [-0.2, -0.15) is 0 Å². The van der Waals surface area contributed by atoms with Gasteiger partial charge in [0.15, 0.2) is 5.11 Å². The van der Waals surface area contributed by atoms with E-state index in [-0.39, 0.29) is 0 Å². The summed E-state index contributed by atoms with van der Waals surface area (Å²) >= 11 is 5.28. The van der Waals surface area contributed by atoms with Crippen molar-refractivity contribution in [2.45, 2.75) is 19.8 Å². The molecule has 0 amide bonds. The van der Waals surface area contributed by atoms with Gasteiger partial charge in [0.05, 0.1) is 7.11 Å². The summed E-state index contributed by atoms with van der Waals surface area (Å²) in [5.74, 6) is 1.70. The molecule has 0 radical (unpaired) electrons. The van der Waals surface area contributed by atoms with E-state index in [9.17, 15) is 0 Å². The Morgan fingerprint density at radius 3 is 2.91 bits per heavy atom. The van der Waals surface area contributed by atoms with Crippen LogP contribution in [-0.4, -0.2) is 23.8 Å². The maximum absolute atomic E-state index is 5.28. The number of nitrogens with one attached hydrogen (secondary N) is 2. The molecule has 1 aromatic carbocycles. The molecular weight excluding hydrogens is 294 g/mol. The van der Waals surface area contributed by atoms with Gasteiger partial charge in [-0.3, -0.25) is 0 Å². The Bertz CT molecular complexity index is 631. The van der Waals surface area contributed by atoms with Crippen LogP contribution in [0, 0.1) is 6.92 Å². The molecule has 1 heterocycles. The number of thiocarbonyl (C=S) groups is 1. The normalized spacial score (nSPS) is 10.1. The number of rotatable bonds is 6. The largest absolute Gasteiger partial charge is 0.497 e.